The number of carbonyl (C=O) groups excluding carboxylic acids is 2. The molecule has 5 rings (SSSR count). The van der Waals surface area contributed by atoms with Gasteiger partial charge in [0.05, 0.1) is 11.8 Å². The summed E-state index contributed by atoms with van der Waals surface area (Å²) in [6.45, 7) is 0. The maximum absolute atomic E-state index is 14.0. The number of aliphatic carboxylic acids is 2. The molecule has 0 saturated heterocycles. The molecule has 1 aliphatic rings. The van der Waals surface area contributed by atoms with E-state index in [0.717, 1.165) is 48.5 Å². The summed E-state index contributed by atoms with van der Waals surface area (Å²) in [6.07, 6.45) is -4.82. The van der Waals surface area contributed by atoms with Crippen LogP contribution in [0, 0.1) is 11.8 Å². The van der Waals surface area contributed by atoms with Gasteiger partial charge in [0.25, 0.3) is 0 Å². The number of hydrogen-bond acceptors (Lipinski definition) is 14. The zero-order chi connectivity index (χ0) is 38.0. The Kier molecular flexibility index (Phi) is 10.2. The summed E-state index contributed by atoms with van der Waals surface area (Å²) in [5.41, 5.74) is 0.538. The van der Waals surface area contributed by atoms with Gasteiger partial charge in [0, 0.05) is 24.7 Å². The number of carboxylic acids is 2. The Balaban J connectivity index is 1.56. The molecule has 272 valence electrons. The van der Waals surface area contributed by atoms with Crippen molar-refractivity contribution in [2.45, 2.75) is 36.9 Å². The van der Waals surface area contributed by atoms with Crippen LogP contribution < -0.4 is 0 Å². The largest absolute Gasteiger partial charge is 0.504 e. The number of ether oxygens (including phenoxy) is 2. The van der Waals surface area contributed by atoms with Gasteiger partial charge in [0.2, 0.25) is 12.2 Å². The number of phenolic OH excluding ortho intramolecular Hbond substituents is 8. The predicted octanol–water partition coefficient (Wildman–Crippen LogP) is 2.92. The van der Waals surface area contributed by atoms with Gasteiger partial charge >= 0.3 is 23.9 Å². The lowest BCUT2D eigenvalue weighted by Gasteiger charge is -2.50. The van der Waals surface area contributed by atoms with Crippen molar-refractivity contribution in [2.75, 3.05) is 0 Å². The van der Waals surface area contributed by atoms with Gasteiger partial charge in [-0.25, -0.2) is 9.59 Å². The summed E-state index contributed by atoms with van der Waals surface area (Å²) in [6, 6.07) is 13.8. The molecule has 4 aromatic carbocycles. The molecule has 6 atom stereocenters. The van der Waals surface area contributed by atoms with Gasteiger partial charge in [-0.05, 0) is 70.8 Å². The van der Waals surface area contributed by atoms with E-state index in [-0.39, 0.29) is 22.3 Å². The Morgan fingerprint density at radius 2 is 0.769 bits per heavy atom. The molecule has 0 radical (unpaired) electrons. The van der Waals surface area contributed by atoms with Crippen LogP contribution in [-0.2, 0) is 41.5 Å². The van der Waals surface area contributed by atoms with Crippen LogP contribution in [0.3, 0.4) is 0 Å². The van der Waals surface area contributed by atoms with Crippen LogP contribution in [-0.4, -0.2) is 87.2 Å². The average molecular weight is 721 g/mol. The first kappa shape index (κ1) is 36.4. The van der Waals surface area contributed by atoms with E-state index < -0.39 is 119 Å². The van der Waals surface area contributed by atoms with E-state index in [2.05, 4.69) is 0 Å². The second kappa shape index (κ2) is 14.6. The van der Waals surface area contributed by atoms with Gasteiger partial charge in [-0.15, -0.1) is 0 Å². The third-order valence-electron chi connectivity index (χ3n) is 8.85. The molecule has 1 aliphatic carbocycles. The van der Waals surface area contributed by atoms with E-state index in [4.69, 9.17) is 9.47 Å². The summed E-state index contributed by atoms with van der Waals surface area (Å²) in [4.78, 5) is 52.6. The van der Waals surface area contributed by atoms with Crippen molar-refractivity contribution in [1.82, 2.24) is 0 Å². The van der Waals surface area contributed by atoms with Gasteiger partial charge in [-0.3, -0.25) is 9.59 Å². The van der Waals surface area contributed by atoms with Crippen molar-refractivity contribution in [3.63, 3.8) is 0 Å². The summed E-state index contributed by atoms with van der Waals surface area (Å²) < 4.78 is 10.8. The van der Waals surface area contributed by atoms with Gasteiger partial charge < -0.3 is 60.5 Å². The minimum Gasteiger partial charge on any atom is -0.504 e. The van der Waals surface area contributed by atoms with E-state index in [9.17, 15) is 70.2 Å². The summed E-state index contributed by atoms with van der Waals surface area (Å²) in [7, 11) is 0. The third-order valence-corrected chi connectivity index (χ3v) is 8.85. The van der Waals surface area contributed by atoms with Crippen LogP contribution in [0.25, 0.3) is 0 Å². The fourth-order valence-electron chi connectivity index (χ4n) is 6.28. The van der Waals surface area contributed by atoms with Crippen molar-refractivity contribution in [3.8, 4) is 46.0 Å². The molecule has 16 nitrogen and oxygen atoms in total. The molecule has 10 N–H and O–H groups in total. The highest BCUT2D eigenvalue weighted by Crippen LogP contribution is 2.60. The lowest BCUT2D eigenvalue weighted by atomic mass is 9.52. The average Bonchev–Trinajstić information content (AvgIpc) is 3.06. The lowest BCUT2D eigenvalue weighted by Crippen LogP contribution is -2.54. The van der Waals surface area contributed by atoms with Crippen molar-refractivity contribution < 1.29 is 79.7 Å². The first-order valence-electron chi connectivity index (χ1n) is 15.5. The standard InChI is InChI=1S/C36H32O16/c37-19-5-1-15(9-23(19)41)11-27(33(45)46)51-35(49)31-29(17-3-7-21(39)25(43)13-17)30(18-4-8-22(40)26(44)14-18)32(31)36(50)52-28(34(47)48)12-16-2-6-20(38)24(42)10-16/h1-10,13-14,27-32,37-44H,11-12H2,(H,45,46)(H,47,48)/t27-,28-,29-,30-,31-,32-/m1/s1. The molecule has 0 spiro atoms. The monoisotopic (exact) mass is 720 g/mol. The summed E-state index contributed by atoms with van der Waals surface area (Å²) in [5.74, 6) is -15.9. The Morgan fingerprint density at radius 3 is 1.06 bits per heavy atom. The van der Waals surface area contributed by atoms with Gasteiger partial charge in [0.15, 0.2) is 46.0 Å². The first-order chi connectivity index (χ1) is 24.5. The fraction of sp³-hybridized carbons (Fsp3) is 0.222. The molecular formula is C36H32O16. The maximum Gasteiger partial charge on any atom is 0.345 e. The first-order valence-corrected chi connectivity index (χ1v) is 15.5. The van der Waals surface area contributed by atoms with Gasteiger partial charge in [-0.2, -0.15) is 0 Å². The number of hydrogen-bond donors (Lipinski definition) is 10. The number of esters is 2. The van der Waals surface area contributed by atoms with Crippen LogP contribution >= 0.6 is 0 Å². The molecule has 0 unspecified atom stereocenters. The van der Waals surface area contributed by atoms with Crippen molar-refractivity contribution in [3.05, 3.63) is 95.1 Å². The molecule has 1 saturated carbocycles. The quantitative estimate of drug-likeness (QED) is 0.0743. The van der Waals surface area contributed by atoms with E-state index >= 15 is 0 Å². The molecule has 52 heavy (non-hydrogen) atoms. The molecule has 0 heterocycles. The van der Waals surface area contributed by atoms with Crippen molar-refractivity contribution in [2.24, 2.45) is 11.8 Å². The lowest BCUT2D eigenvalue weighted by molar-refractivity contribution is -0.184. The number of rotatable bonds is 12. The Bertz CT molecular complexity index is 1900. The van der Waals surface area contributed by atoms with Crippen LogP contribution in [0.4, 0.5) is 0 Å². The van der Waals surface area contributed by atoms with Gasteiger partial charge in [0.1, 0.15) is 0 Å². The highest BCUT2D eigenvalue weighted by molar-refractivity contribution is 5.90. The molecule has 16 heteroatoms. The minimum absolute atomic E-state index is 0.128. The van der Waals surface area contributed by atoms with Crippen molar-refractivity contribution in [1.29, 1.82) is 0 Å². The highest BCUT2D eigenvalue weighted by atomic mass is 16.6. The molecule has 1 fully saturated rings. The summed E-state index contributed by atoms with van der Waals surface area (Å²) >= 11 is 0. The molecule has 4 aromatic rings. The van der Waals surface area contributed by atoms with E-state index in [0.29, 0.717) is 0 Å². The van der Waals surface area contributed by atoms with E-state index in [1.165, 1.54) is 24.3 Å². The fourth-order valence-corrected chi connectivity index (χ4v) is 6.28. The molecule has 0 aromatic heterocycles. The SMILES string of the molecule is O=C(O[C@H](Cc1ccc(O)c(O)c1)C(=O)O)[C@H]1[C@H](C(=O)O[C@H](Cc2ccc(O)c(O)c2)C(=O)O)[C@H](c2ccc(O)c(O)c2)[C@H]1c1ccc(O)c(O)c1. The second-order valence-electron chi connectivity index (χ2n) is 12.2. The molecule has 0 amide bonds. The minimum atomic E-state index is -1.91. The number of carbonyl (C=O) groups is 4. The molecular weight excluding hydrogens is 688 g/mol. The second-order valence-corrected chi connectivity index (χ2v) is 12.2. The Labute approximate surface area is 293 Å². The zero-order valence-corrected chi connectivity index (χ0v) is 26.7. The zero-order valence-electron chi connectivity index (χ0n) is 26.7. The summed E-state index contributed by atoms with van der Waals surface area (Å²) in [5, 5.41) is 99.6. The van der Waals surface area contributed by atoms with Gasteiger partial charge in [-0.1, -0.05) is 24.3 Å². The van der Waals surface area contributed by atoms with Crippen LogP contribution in [0.15, 0.2) is 72.8 Å². The topological polar surface area (TPSA) is 289 Å². The normalized spacial score (nSPS) is 19.1. The Morgan fingerprint density at radius 1 is 0.462 bits per heavy atom. The van der Waals surface area contributed by atoms with Crippen LogP contribution in [0.1, 0.15) is 34.1 Å². The van der Waals surface area contributed by atoms with E-state index in [1.807, 2.05) is 0 Å². The van der Waals surface area contributed by atoms with Crippen molar-refractivity contribution >= 4 is 23.9 Å². The number of benzene rings is 4. The van der Waals surface area contributed by atoms with E-state index in [1.54, 1.807) is 0 Å². The van der Waals surface area contributed by atoms with Crippen LogP contribution in [0.2, 0.25) is 0 Å². The third kappa shape index (κ3) is 7.50. The molecule has 0 aliphatic heterocycles. The maximum atomic E-state index is 14.0. The number of aromatic hydroxyl groups is 8. The number of carboxylic acid groups (broad SMARTS) is 2. The smallest absolute Gasteiger partial charge is 0.345 e. The molecule has 0 bridgehead atoms. The predicted molar refractivity (Wildman–Crippen MR) is 174 cm³/mol. The van der Waals surface area contributed by atoms with Crippen LogP contribution in [0.5, 0.6) is 46.0 Å². The Hall–Kier alpha value is -6.84. The number of phenols is 8. The highest BCUT2D eigenvalue weighted by Gasteiger charge is 2.60.